The number of hydrogen-bond acceptors (Lipinski definition) is 1. The highest BCUT2D eigenvalue weighted by Gasteiger charge is 2.14. The van der Waals surface area contributed by atoms with Crippen molar-refractivity contribution in [2.24, 2.45) is 0 Å². The largest absolute Gasteiger partial charge is 0.478 e. The van der Waals surface area contributed by atoms with E-state index < -0.39 is 5.97 Å². The number of carboxylic acid groups (broad SMARTS) is 1. The summed E-state index contributed by atoms with van der Waals surface area (Å²) >= 11 is 0. The van der Waals surface area contributed by atoms with Crippen molar-refractivity contribution in [3.63, 3.8) is 0 Å². The summed E-state index contributed by atoms with van der Waals surface area (Å²) in [5.74, 6) is -0.921. The van der Waals surface area contributed by atoms with Gasteiger partial charge in [0, 0.05) is 0 Å². The zero-order valence-electron chi connectivity index (χ0n) is 12.5. The summed E-state index contributed by atoms with van der Waals surface area (Å²) in [6, 6.07) is 26.9. The SMILES string of the molecule is O=C(O)c1ccccc1C(=Cc1ccccc1)c1ccccc1. The molecule has 0 saturated carbocycles. The van der Waals surface area contributed by atoms with Crippen LogP contribution in [0.2, 0.25) is 0 Å². The van der Waals surface area contributed by atoms with Crippen molar-refractivity contribution in [2.45, 2.75) is 0 Å². The number of carboxylic acids is 1. The monoisotopic (exact) mass is 300 g/mol. The van der Waals surface area contributed by atoms with E-state index >= 15 is 0 Å². The molecule has 2 heteroatoms. The summed E-state index contributed by atoms with van der Waals surface area (Å²) in [5, 5.41) is 9.50. The van der Waals surface area contributed by atoms with Crippen molar-refractivity contribution in [1.82, 2.24) is 0 Å². The summed E-state index contributed by atoms with van der Waals surface area (Å²) in [6.07, 6.45) is 2.02. The molecule has 0 aliphatic heterocycles. The Morgan fingerprint density at radius 3 is 1.83 bits per heavy atom. The highest BCUT2D eigenvalue weighted by atomic mass is 16.4. The molecule has 3 rings (SSSR count). The highest BCUT2D eigenvalue weighted by Crippen LogP contribution is 2.28. The molecule has 0 spiro atoms. The van der Waals surface area contributed by atoms with E-state index in [9.17, 15) is 9.90 Å². The van der Waals surface area contributed by atoms with Crippen LogP contribution >= 0.6 is 0 Å². The summed E-state index contributed by atoms with van der Waals surface area (Å²) < 4.78 is 0. The maximum Gasteiger partial charge on any atom is 0.336 e. The van der Waals surface area contributed by atoms with Gasteiger partial charge in [0.25, 0.3) is 0 Å². The molecule has 0 aromatic heterocycles. The molecule has 0 saturated heterocycles. The van der Waals surface area contributed by atoms with Crippen LogP contribution in [0.15, 0.2) is 84.9 Å². The standard InChI is InChI=1S/C21H16O2/c22-21(23)19-14-8-7-13-18(19)20(17-11-5-2-6-12-17)15-16-9-3-1-4-10-16/h1-15H,(H,22,23). The maximum atomic E-state index is 11.6. The zero-order valence-corrected chi connectivity index (χ0v) is 12.5. The van der Waals surface area contributed by atoms with Crippen LogP contribution in [0.1, 0.15) is 27.0 Å². The Bertz CT molecular complexity index is 834. The molecule has 0 atom stereocenters. The molecule has 3 aromatic rings. The summed E-state index contributed by atoms with van der Waals surface area (Å²) in [6.45, 7) is 0. The van der Waals surface area contributed by atoms with Crippen LogP contribution < -0.4 is 0 Å². The lowest BCUT2D eigenvalue weighted by atomic mass is 9.92. The van der Waals surface area contributed by atoms with Gasteiger partial charge >= 0.3 is 5.97 Å². The first kappa shape index (κ1) is 14.8. The fourth-order valence-corrected chi connectivity index (χ4v) is 2.55. The van der Waals surface area contributed by atoms with Crippen LogP contribution in [0, 0.1) is 0 Å². The van der Waals surface area contributed by atoms with Gasteiger partial charge in [-0.05, 0) is 34.4 Å². The van der Waals surface area contributed by atoms with Crippen LogP contribution in [0.4, 0.5) is 0 Å². The van der Waals surface area contributed by atoms with Gasteiger partial charge in [0.15, 0.2) is 0 Å². The number of hydrogen-bond donors (Lipinski definition) is 1. The van der Waals surface area contributed by atoms with Crippen molar-refractivity contribution in [3.8, 4) is 0 Å². The van der Waals surface area contributed by atoms with Gasteiger partial charge in [0.1, 0.15) is 0 Å². The first-order valence-corrected chi connectivity index (χ1v) is 7.40. The van der Waals surface area contributed by atoms with Crippen molar-refractivity contribution < 1.29 is 9.90 Å². The van der Waals surface area contributed by atoms with Gasteiger partial charge in [-0.1, -0.05) is 78.9 Å². The average Bonchev–Trinajstić information content (AvgIpc) is 2.61. The lowest BCUT2D eigenvalue weighted by Gasteiger charge is -2.12. The second-order valence-electron chi connectivity index (χ2n) is 5.19. The van der Waals surface area contributed by atoms with Gasteiger partial charge in [-0.25, -0.2) is 4.79 Å². The van der Waals surface area contributed by atoms with Crippen LogP contribution in [0.25, 0.3) is 11.6 Å². The predicted molar refractivity (Wildman–Crippen MR) is 93.3 cm³/mol. The van der Waals surface area contributed by atoms with Gasteiger partial charge in [0.2, 0.25) is 0 Å². The third kappa shape index (κ3) is 3.38. The van der Waals surface area contributed by atoms with E-state index in [0.717, 1.165) is 22.3 Å². The van der Waals surface area contributed by atoms with E-state index in [1.807, 2.05) is 78.9 Å². The van der Waals surface area contributed by atoms with Crippen molar-refractivity contribution in [1.29, 1.82) is 0 Å². The number of aromatic carboxylic acids is 1. The molecule has 0 aliphatic rings. The minimum absolute atomic E-state index is 0.304. The van der Waals surface area contributed by atoms with Crippen LogP contribution in [0.5, 0.6) is 0 Å². The topological polar surface area (TPSA) is 37.3 Å². The molecule has 3 aromatic carbocycles. The number of carbonyl (C=O) groups is 1. The van der Waals surface area contributed by atoms with E-state index in [-0.39, 0.29) is 0 Å². The molecule has 0 amide bonds. The van der Waals surface area contributed by atoms with Gasteiger partial charge in [-0.15, -0.1) is 0 Å². The minimum Gasteiger partial charge on any atom is -0.478 e. The smallest absolute Gasteiger partial charge is 0.336 e. The Morgan fingerprint density at radius 1 is 0.696 bits per heavy atom. The first-order chi connectivity index (χ1) is 11.3. The maximum absolute atomic E-state index is 11.6. The predicted octanol–water partition coefficient (Wildman–Crippen LogP) is 4.97. The van der Waals surface area contributed by atoms with Crippen LogP contribution in [0.3, 0.4) is 0 Å². The molecule has 0 fully saturated rings. The van der Waals surface area contributed by atoms with E-state index in [1.165, 1.54) is 0 Å². The first-order valence-electron chi connectivity index (χ1n) is 7.40. The summed E-state index contributed by atoms with van der Waals surface area (Å²) in [4.78, 5) is 11.6. The van der Waals surface area contributed by atoms with Crippen LogP contribution in [-0.4, -0.2) is 11.1 Å². The third-order valence-corrected chi connectivity index (χ3v) is 3.64. The van der Waals surface area contributed by atoms with E-state index in [1.54, 1.807) is 12.1 Å². The lowest BCUT2D eigenvalue weighted by Crippen LogP contribution is -2.02. The van der Waals surface area contributed by atoms with Crippen molar-refractivity contribution >= 4 is 17.6 Å². The van der Waals surface area contributed by atoms with E-state index in [4.69, 9.17) is 0 Å². The molecule has 112 valence electrons. The molecular weight excluding hydrogens is 284 g/mol. The summed E-state index contributed by atoms with van der Waals surface area (Å²) in [5.41, 5.74) is 3.94. The van der Waals surface area contributed by atoms with E-state index in [2.05, 4.69) is 0 Å². The Labute approximate surface area is 135 Å². The Hall–Kier alpha value is -3.13. The van der Waals surface area contributed by atoms with Gasteiger partial charge in [-0.3, -0.25) is 0 Å². The molecule has 0 radical (unpaired) electrons. The quantitative estimate of drug-likeness (QED) is 0.690. The number of benzene rings is 3. The fraction of sp³-hybridized carbons (Fsp3) is 0. The van der Waals surface area contributed by atoms with Crippen molar-refractivity contribution in [3.05, 3.63) is 107 Å². The second-order valence-corrected chi connectivity index (χ2v) is 5.19. The van der Waals surface area contributed by atoms with Crippen LogP contribution in [-0.2, 0) is 0 Å². The summed E-state index contributed by atoms with van der Waals surface area (Å²) in [7, 11) is 0. The third-order valence-electron chi connectivity index (χ3n) is 3.64. The highest BCUT2D eigenvalue weighted by molar-refractivity contribution is 6.00. The molecule has 2 nitrogen and oxygen atoms in total. The van der Waals surface area contributed by atoms with Gasteiger partial charge in [0.05, 0.1) is 5.56 Å². The average molecular weight is 300 g/mol. The normalized spacial score (nSPS) is 11.2. The molecule has 23 heavy (non-hydrogen) atoms. The minimum atomic E-state index is -0.921. The molecule has 0 heterocycles. The molecule has 0 unspecified atom stereocenters. The van der Waals surface area contributed by atoms with Crippen molar-refractivity contribution in [2.75, 3.05) is 0 Å². The lowest BCUT2D eigenvalue weighted by molar-refractivity contribution is 0.0696. The number of rotatable bonds is 4. The van der Waals surface area contributed by atoms with E-state index in [0.29, 0.717) is 5.56 Å². The fourth-order valence-electron chi connectivity index (χ4n) is 2.55. The molecular formula is C21H16O2. The second kappa shape index (κ2) is 6.75. The Balaban J connectivity index is 2.22. The molecule has 0 aliphatic carbocycles. The Morgan fingerprint density at radius 2 is 1.22 bits per heavy atom. The zero-order chi connectivity index (χ0) is 16.1. The van der Waals surface area contributed by atoms with Gasteiger partial charge < -0.3 is 5.11 Å². The Kier molecular flexibility index (Phi) is 4.34. The van der Waals surface area contributed by atoms with Gasteiger partial charge in [-0.2, -0.15) is 0 Å². The molecule has 1 N–H and O–H groups in total. The molecule has 0 bridgehead atoms.